The number of amides is 2. The average molecular weight is 464 g/mol. The fourth-order valence-electron chi connectivity index (χ4n) is 3.43. The van der Waals surface area contributed by atoms with E-state index in [1.165, 1.54) is 23.1 Å². The van der Waals surface area contributed by atoms with E-state index >= 15 is 0 Å². The fourth-order valence-corrected chi connectivity index (χ4v) is 4.27. The van der Waals surface area contributed by atoms with Crippen LogP contribution in [0.15, 0.2) is 54.6 Å². The number of hydrogen-bond acceptors (Lipinski definition) is 4. The summed E-state index contributed by atoms with van der Waals surface area (Å²) in [6.45, 7) is 3.70. The van der Waals surface area contributed by atoms with Crippen molar-refractivity contribution < 1.29 is 22.4 Å². The largest absolute Gasteiger partial charge is 0.355 e. The summed E-state index contributed by atoms with van der Waals surface area (Å²) < 4.78 is 39.4. The van der Waals surface area contributed by atoms with E-state index in [1.807, 2.05) is 30.3 Å². The van der Waals surface area contributed by atoms with E-state index in [4.69, 9.17) is 0 Å². The summed E-state index contributed by atoms with van der Waals surface area (Å²) in [5.41, 5.74) is 1.04. The van der Waals surface area contributed by atoms with Gasteiger partial charge in [0.25, 0.3) is 0 Å². The summed E-state index contributed by atoms with van der Waals surface area (Å²) in [5, 5.41) is 2.74. The fraction of sp³-hybridized carbons (Fsp3) is 0.391. The molecule has 0 saturated carbocycles. The third-order valence-electron chi connectivity index (χ3n) is 5.00. The van der Waals surface area contributed by atoms with Crippen molar-refractivity contribution in [1.29, 1.82) is 0 Å². The van der Waals surface area contributed by atoms with E-state index in [9.17, 15) is 22.4 Å². The number of nitrogens with one attached hydrogen (secondary N) is 1. The van der Waals surface area contributed by atoms with Gasteiger partial charge in [0, 0.05) is 13.1 Å². The number of sulfonamides is 1. The first-order valence-corrected chi connectivity index (χ1v) is 12.4. The second kappa shape index (κ2) is 11.6. The van der Waals surface area contributed by atoms with Gasteiger partial charge in [0.05, 0.1) is 11.9 Å². The van der Waals surface area contributed by atoms with Crippen molar-refractivity contribution in [2.75, 3.05) is 30.2 Å². The highest BCUT2D eigenvalue weighted by Gasteiger charge is 2.31. The standard InChI is InChI=1S/C23H30FN3O4S/c1-4-21(23(29)25-5-2)26(15-14-18-10-7-6-8-11-18)22(28)17-27(32(3,30)31)20-13-9-12-19(24)16-20/h6-13,16,21H,4-5,14-15,17H2,1-3H3,(H,25,29)/t21-/m1/s1. The topological polar surface area (TPSA) is 86.8 Å². The highest BCUT2D eigenvalue weighted by Crippen LogP contribution is 2.20. The Hall–Kier alpha value is -2.94. The van der Waals surface area contributed by atoms with Gasteiger partial charge in [0.1, 0.15) is 18.4 Å². The van der Waals surface area contributed by atoms with E-state index in [-0.39, 0.29) is 18.1 Å². The lowest BCUT2D eigenvalue weighted by atomic mass is 10.1. The number of halogens is 1. The van der Waals surface area contributed by atoms with Gasteiger partial charge in [-0.3, -0.25) is 13.9 Å². The molecule has 2 aromatic rings. The molecule has 0 aromatic heterocycles. The maximum atomic E-state index is 13.7. The first-order valence-electron chi connectivity index (χ1n) is 10.5. The van der Waals surface area contributed by atoms with E-state index in [2.05, 4.69) is 5.32 Å². The number of carbonyl (C=O) groups excluding carboxylic acids is 2. The predicted octanol–water partition coefficient (Wildman–Crippen LogP) is 2.58. The molecular formula is C23H30FN3O4S. The molecule has 2 amide bonds. The summed E-state index contributed by atoms with van der Waals surface area (Å²) in [6.07, 6.45) is 1.83. The van der Waals surface area contributed by atoms with Crippen molar-refractivity contribution >= 4 is 27.5 Å². The molecule has 0 fully saturated rings. The van der Waals surface area contributed by atoms with E-state index in [0.717, 1.165) is 22.2 Å². The van der Waals surface area contributed by atoms with Crippen molar-refractivity contribution in [3.63, 3.8) is 0 Å². The highest BCUT2D eigenvalue weighted by atomic mass is 32.2. The number of hydrogen-bond donors (Lipinski definition) is 1. The van der Waals surface area contributed by atoms with Crippen molar-refractivity contribution in [2.24, 2.45) is 0 Å². The SMILES string of the molecule is CCNC(=O)[C@@H](CC)N(CCc1ccccc1)C(=O)CN(c1cccc(F)c1)S(C)(=O)=O. The molecule has 0 aliphatic carbocycles. The van der Waals surface area contributed by atoms with Gasteiger partial charge >= 0.3 is 0 Å². The molecule has 174 valence electrons. The molecular weight excluding hydrogens is 433 g/mol. The molecule has 0 radical (unpaired) electrons. The van der Waals surface area contributed by atoms with Crippen LogP contribution in [0.3, 0.4) is 0 Å². The van der Waals surface area contributed by atoms with Crippen LogP contribution in [0, 0.1) is 5.82 Å². The van der Waals surface area contributed by atoms with Crippen LogP contribution >= 0.6 is 0 Å². The lowest BCUT2D eigenvalue weighted by Gasteiger charge is -2.32. The quantitative estimate of drug-likeness (QED) is 0.555. The molecule has 9 heteroatoms. The molecule has 0 unspecified atom stereocenters. The van der Waals surface area contributed by atoms with Gasteiger partial charge in [-0.1, -0.05) is 43.3 Å². The molecule has 0 spiro atoms. The Morgan fingerprint density at radius 1 is 1.06 bits per heavy atom. The van der Waals surface area contributed by atoms with Crippen molar-refractivity contribution in [3.8, 4) is 0 Å². The second-order valence-corrected chi connectivity index (χ2v) is 9.30. The molecule has 0 bridgehead atoms. The van der Waals surface area contributed by atoms with E-state index < -0.39 is 34.3 Å². The molecule has 1 atom stereocenters. The maximum Gasteiger partial charge on any atom is 0.244 e. The minimum absolute atomic E-state index is 0.0508. The molecule has 2 rings (SSSR count). The Bertz CT molecular complexity index is 1010. The first-order chi connectivity index (χ1) is 15.2. The number of carbonyl (C=O) groups is 2. The normalized spacial score (nSPS) is 12.1. The monoisotopic (exact) mass is 463 g/mol. The van der Waals surface area contributed by atoms with Crippen LogP contribution in [0.4, 0.5) is 10.1 Å². The lowest BCUT2D eigenvalue weighted by molar-refractivity contribution is -0.139. The Balaban J connectivity index is 2.34. The summed E-state index contributed by atoms with van der Waals surface area (Å²) in [7, 11) is -3.87. The van der Waals surface area contributed by atoms with Gasteiger partial charge in [0.2, 0.25) is 21.8 Å². The number of likely N-dealkylation sites (N-methyl/N-ethyl adjacent to an activating group) is 1. The van der Waals surface area contributed by atoms with E-state index in [0.29, 0.717) is 19.4 Å². The molecule has 32 heavy (non-hydrogen) atoms. The van der Waals surface area contributed by atoms with Crippen LogP contribution in [-0.2, 0) is 26.0 Å². The number of anilines is 1. The molecule has 0 heterocycles. The van der Waals surface area contributed by atoms with E-state index in [1.54, 1.807) is 13.8 Å². The lowest BCUT2D eigenvalue weighted by Crippen LogP contribution is -2.53. The van der Waals surface area contributed by atoms with Crippen LogP contribution < -0.4 is 9.62 Å². The van der Waals surface area contributed by atoms with Crippen LogP contribution in [0.2, 0.25) is 0 Å². The van der Waals surface area contributed by atoms with Gasteiger partial charge in [-0.15, -0.1) is 0 Å². The van der Waals surface area contributed by atoms with Crippen molar-refractivity contribution in [1.82, 2.24) is 10.2 Å². The summed E-state index contributed by atoms with van der Waals surface area (Å²) in [6, 6.07) is 13.8. The van der Waals surface area contributed by atoms with Gasteiger partial charge in [-0.2, -0.15) is 0 Å². The van der Waals surface area contributed by atoms with Crippen LogP contribution in [0.5, 0.6) is 0 Å². The zero-order chi connectivity index (χ0) is 23.7. The molecule has 1 N–H and O–H groups in total. The van der Waals surface area contributed by atoms with Gasteiger partial charge in [-0.05, 0) is 43.5 Å². The smallest absolute Gasteiger partial charge is 0.244 e. The van der Waals surface area contributed by atoms with Crippen LogP contribution in [0.25, 0.3) is 0 Å². The molecule has 2 aromatic carbocycles. The van der Waals surface area contributed by atoms with Crippen molar-refractivity contribution in [2.45, 2.75) is 32.7 Å². The third kappa shape index (κ3) is 7.05. The Morgan fingerprint density at radius 2 is 1.75 bits per heavy atom. The minimum Gasteiger partial charge on any atom is -0.355 e. The number of benzene rings is 2. The Morgan fingerprint density at radius 3 is 2.31 bits per heavy atom. The molecule has 0 aliphatic heterocycles. The Labute approximate surface area is 189 Å². The molecule has 0 saturated heterocycles. The van der Waals surface area contributed by atoms with Gasteiger partial charge in [0.15, 0.2) is 0 Å². The van der Waals surface area contributed by atoms with Gasteiger partial charge in [-0.25, -0.2) is 12.8 Å². The highest BCUT2D eigenvalue weighted by molar-refractivity contribution is 7.92. The van der Waals surface area contributed by atoms with Crippen molar-refractivity contribution in [3.05, 3.63) is 66.0 Å². The average Bonchev–Trinajstić information content (AvgIpc) is 2.74. The zero-order valence-corrected chi connectivity index (χ0v) is 19.4. The summed E-state index contributed by atoms with van der Waals surface area (Å²) in [5.74, 6) is -1.44. The number of nitrogens with zero attached hydrogens (tertiary/aromatic N) is 2. The van der Waals surface area contributed by atoms with Crippen LogP contribution in [-0.4, -0.2) is 57.1 Å². The van der Waals surface area contributed by atoms with Crippen LogP contribution in [0.1, 0.15) is 25.8 Å². The molecule has 7 nitrogen and oxygen atoms in total. The number of rotatable bonds is 11. The zero-order valence-electron chi connectivity index (χ0n) is 18.6. The van der Waals surface area contributed by atoms with Gasteiger partial charge < -0.3 is 10.2 Å². The second-order valence-electron chi connectivity index (χ2n) is 7.39. The Kier molecular flexibility index (Phi) is 9.19. The summed E-state index contributed by atoms with van der Waals surface area (Å²) >= 11 is 0. The summed E-state index contributed by atoms with van der Waals surface area (Å²) in [4.78, 5) is 27.4. The maximum absolute atomic E-state index is 13.7. The first kappa shape index (κ1) is 25.3. The molecule has 0 aliphatic rings. The third-order valence-corrected chi connectivity index (χ3v) is 6.14. The predicted molar refractivity (Wildman–Crippen MR) is 123 cm³/mol. The minimum atomic E-state index is -3.87.